The smallest absolute Gasteiger partial charge is 0.449 e. The van der Waals surface area contributed by atoms with Gasteiger partial charge in [0.1, 0.15) is 5.75 Å². The van der Waals surface area contributed by atoms with Crippen molar-refractivity contribution in [2.75, 3.05) is 13.4 Å². The van der Waals surface area contributed by atoms with Crippen molar-refractivity contribution in [2.24, 2.45) is 0 Å². The zero-order valence-electron chi connectivity index (χ0n) is 16.2. The fourth-order valence-electron chi connectivity index (χ4n) is 3.20. The molecule has 154 valence electrons. The largest absolute Gasteiger partial charge is 0.496 e. The summed E-state index contributed by atoms with van der Waals surface area (Å²) < 4.78 is 68.6. The van der Waals surface area contributed by atoms with Crippen LogP contribution < -0.4 is 4.74 Å². The molecule has 0 saturated heterocycles. The van der Waals surface area contributed by atoms with E-state index in [-0.39, 0.29) is 16.3 Å². The maximum absolute atomic E-state index is 13.3. The Balaban J connectivity index is 2.22. The molecular weight excluding hydrogens is 405 g/mol. The van der Waals surface area contributed by atoms with Gasteiger partial charge in [-0.2, -0.15) is 13.2 Å². The van der Waals surface area contributed by atoms with Crippen molar-refractivity contribution in [3.63, 3.8) is 0 Å². The number of hydrogen-bond acceptors (Lipinski definition) is 4. The van der Waals surface area contributed by atoms with E-state index in [0.29, 0.717) is 16.9 Å². The highest BCUT2D eigenvalue weighted by molar-refractivity contribution is 7.90. The fraction of sp³-hybridized carbons (Fsp3) is 0.250. The molecule has 2 aromatic carbocycles. The minimum atomic E-state index is -4.66. The highest BCUT2D eigenvalue weighted by Crippen LogP contribution is 2.38. The van der Waals surface area contributed by atoms with Crippen LogP contribution >= 0.6 is 0 Å². The van der Waals surface area contributed by atoms with Gasteiger partial charge in [0.2, 0.25) is 5.82 Å². The molecule has 0 fully saturated rings. The molecule has 29 heavy (non-hydrogen) atoms. The van der Waals surface area contributed by atoms with E-state index in [1.54, 1.807) is 26.0 Å². The number of rotatable bonds is 4. The number of imidazole rings is 1. The number of hydrogen-bond donors (Lipinski definition) is 1. The number of aromatic nitrogens is 2. The Labute approximate surface area is 166 Å². The van der Waals surface area contributed by atoms with Crippen LogP contribution in [0.3, 0.4) is 0 Å². The maximum Gasteiger partial charge on any atom is 0.449 e. The van der Waals surface area contributed by atoms with Crippen molar-refractivity contribution in [1.29, 1.82) is 0 Å². The van der Waals surface area contributed by atoms with E-state index in [9.17, 15) is 21.6 Å². The van der Waals surface area contributed by atoms with Crippen LogP contribution in [0.5, 0.6) is 5.75 Å². The summed E-state index contributed by atoms with van der Waals surface area (Å²) >= 11 is 0. The molecule has 0 unspecified atom stereocenters. The lowest BCUT2D eigenvalue weighted by Crippen LogP contribution is -2.07. The molecule has 5 nitrogen and oxygen atoms in total. The van der Waals surface area contributed by atoms with Crippen LogP contribution in [-0.2, 0) is 16.0 Å². The number of nitrogens with one attached hydrogen (secondary N) is 1. The van der Waals surface area contributed by atoms with E-state index in [2.05, 4.69) is 9.97 Å². The minimum absolute atomic E-state index is 0.0782. The lowest BCUT2D eigenvalue weighted by Gasteiger charge is -2.11. The number of methoxy groups -OCH3 is 1. The quantitative estimate of drug-likeness (QED) is 0.654. The summed E-state index contributed by atoms with van der Waals surface area (Å²) in [5.74, 6) is -0.472. The van der Waals surface area contributed by atoms with E-state index in [0.717, 1.165) is 17.4 Å². The highest BCUT2D eigenvalue weighted by atomic mass is 32.2. The molecule has 0 bridgehead atoms. The summed E-state index contributed by atoms with van der Waals surface area (Å²) in [6.07, 6.45) is -3.59. The Hall–Kier alpha value is -2.81. The molecule has 1 heterocycles. The number of H-pyrrole nitrogens is 1. The molecule has 0 aliphatic heterocycles. The van der Waals surface area contributed by atoms with E-state index in [4.69, 9.17) is 4.74 Å². The molecule has 0 saturated carbocycles. The van der Waals surface area contributed by atoms with Gasteiger partial charge < -0.3 is 9.72 Å². The first-order chi connectivity index (χ1) is 13.4. The monoisotopic (exact) mass is 424 g/mol. The molecule has 0 atom stereocenters. The molecule has 3 rings (SSSR count). The standard InChI is InChI=1S/C20H19F3N2O3S/c1-11-9-14(10-12(2)18(11)28-3)17-16(24-19(25-17)20(21,22)23)13-5-7-15(8-6-13)29(4,26)27/h5-10H,1-4H3,(H,24,25). The summed E-state index contributed by atoms with van der Waals surface area (Å²) in [5.41, 5.74) is 2.69. The summed E-state index contributed by atoms with van der Waals surface area (Å²) in [6, 6.07) is 9.03. The van der Waals surface area contributed by atoms with Gasteiger partial charge in [-0.1, -0.05) is 12.1 Å². The SMILES string of the molecule is COc1c(C)cc(-c2nc(C(F)(F)F)[nH]c2-c2ccc(S(C)(=O)=O)cc2)cc1C. The van der Waals surface area contributed by atoms with Crippen molar-refractivity contribution >= 4 is 9.84 Å². The first-order valence-corrected chi connectivity index (χ1v) is 10.4. The predicted molar refractivity (Wildman–Crippen MR) is 104 cm³/mol. The van der Waals surface area contributed by atoms with Gasteiger partial charge in [-0.25, -0.2) is 13.4 Å². The lowest BCUT2D eigenvalue weighted by molar-refractivity contribution is -0.144. The van der Waals surface area contributed by atoms with Crippen molar-refractivity contribution in [2.45, 2.75) is 24.9 Å². The van der Waals surface area contributed by atoms with Gasteiger partial charge in [0.15, 0.2) is 9.84 Å². The summed E-state index contributed by atoms with van der Waals surface area (Å²) in [5, 5.41) is 0. The number of sulfone groups is 1. The molecule has 0 spiro atoms. The number of benzene rings is 2. The molecule has 1 N–H and O–H groups in total. The molecular formula is C20H19F3N2O3S. The zero-order valence-corrected chi connectivity index (χ0v) is 17.0. The van der Waals surface area contributed by atoms with Crippen LogP contribution in [-0.4, -0.2) is 31.8 Å². The maximum atomic E-state index is 13.3. The number of nitrogens with zero attached hydrogens (tertiary/aromatic N) is 1. The Morgan fingerprint density at radius 2 is 1.55 bits per heavy atom. The van der Waals surface area contributed by atoms with Gasteiger partial charge in [0.25, 0.3) is 0 Å². The van der Waals surface area contributed by atoms with Crippen LogP contribution in [0, 0.1) is 13.8 Å². The first kappa shape index (κ1) is 20.9. The average Bonchev–Trinajstić information content (AvgIpc) is 3.06. The van der Waals surface area contributed by atoms with Crippen LogP contribution in [0.25, 0.3) is 22.5 Å². The molecule has 9 heteroatoms. The third kappa shape index (κ3) is 4.14. The van der Waals surface area contributed by atoms with E-state index < -0.39 is 21.8 Å². The van der Waals surface area contributed by atoms with Gasteiger partial charge in [-0.3, -0.25) is 0 Å². The number of halogens is 3. The topological polar surface area (TPSA) is 72.0 Å². The molecule has 1 aromatic heterocycles. The van der Waals surface area contributed by atoms with Crippen LogP contribution in [0.15, 0.2) is 41.3 Å². The molecule has 0 aliphatic rings. The normalized spacial score (nSPS) is 12.2. The van der Waals surface area contributed by atoms with E-state index in [1.165, 1.54) is 31.4 Å². The lowest BCUT2D eigenvalue weighted by atomic mass is 10.0. The fourth-order valence-corrected chi connectivity index (χ4v) is 3.83. The van der Waals surface area contributed by atoms with E-state index in [1.807, 2.05) is 0 Å². The second-order valence-electron chi connectivity index (χ2n) is 6.75. The Kier molecular flexibility index (Phi) is 5.20. The Morgan fingerprint density at radius 3 is 2.00 bits per heavy atom. The second-order valence-corrected chi connectivity index (χ2v) is 8.76. The van der Waals surface area contributed by atoms with Gasteiger partial charge >= 0.3 is 6.18 Å². The van der Waals surface area contributed by atoms with Crippen molar-refractivity contribution in [3.05, 3.63) is 53.3 Å². The van der Waals surface area contributed by atoms with Gasteiger partial charge in [-0.15, -0.1) is 0 Å². The average molecular weight is 424 g/mol. The van der Waals surface area contributed by atoms with Crippen LogP contribution in [0.1, 0.15) is 17.0 Å². The third-order valence-corrected chi connectivity index (χ3v) is 5.61. The summed E-state index contributed by atoms with van der Waals surface area (Å²) in [7, 11) is -1.89. The molecule has 0 amide bonds. The third-order valence-electron chi connectivity index (χ3n) is 4.48. The Morgan fingerprint density at radius 1 is 1.00 bits per heavy atom. The van der Waals surface area contributed by atoms with Crippen LogP contribution in [0.2, 0.25) is 0 Å². The zero-order chi connectivity index (χ0) is 21.6. The number of aromatic amines is 1. The number of alkyl halides is 3. The van der Waals surface area contributed by atoms with Gasteiger partial charge in [0.05, 0.1) is 23.4 Å². The van der Waals surface area contributed by atoms with Gasteiger partial charge in [-0.05, 0) is 49.2 Å². The molecule has 0 aliphatic carbocycles. The Bertz CT molecular complexity index is 1140. The van der Waals surface area contributed by atoms with E-state index >= 15 is 0 Å². The first-order valence-electron chi connectivity index (χ1n) is 8.55. The minimum Gasteiger partial charge on any atom is -0.496 e. The second kappa shape index (κ2) is 7.22. The highest BCUT2D eigenvalue weighted by Gasteiger charge is 2.36. The van der Waals surface area contributed by atoms with Crippen molar-refractivity contribution in [1.82, 2.24) is 9.97 Å². The summed E-state index contributed by atoms with van der Waals surface area (Å²) in [6.45, 7) is 3.60. The van der Waals surface area contributed by atoms with Gasteiger partial charge in [0, 0.05) is 17.4 Å². The predicted octanol–water partition coefficient (Wildman–Crippen LogP) is 4.79. The summed E-state index contributed by atoms with van der Waals surface area (Å²) in [4.78, 5) is 6.22. The van der Waals surface area contributed by atoms with Crippen LogP contribution in [0.4, 0.5) is 13.2 Å². The van der Waals surface area contributed by atoms with Crippen molar-refractivity contribution < 1.29 is 26.3 Å². The molecule has 3 aromatic rings. The molecule has 0 radical (unpaired) electrons. The number of aryl methyl sites for hydroxylation is 2. The van der Waals surface area contributed by atoms with Crippen molar-refractivity contribution in [3.8, 4) is 28.3 Å². The number of ether oxygens (including phenoxy) is 1.